The Labute approximate surface area is 260 Å². The van der Waals surface area contributed by atoms with Crippen molar-refractivity contribution in [2.75, 3.05) is 62.0 Å². The molecule has 2 fully saturated rings. The Hall–Kier alpha value is -3.67. The molecule has 1 aromatic heterocycles. The fourth-order valence-electron chi connectivity index (χ4n) is 5.80. The van der Waals surface area contributed by atoms with E-state index in [2.05, 4.69) is 43.7 Å². The zero-order valence-electron chi connectivity index (χ0n) is 24.9. The van der Waals surface area contributed by atoms with E-state index < -0.39 is 11.6 Å². The lowest BCUT2D eigenvalue weighted by Gasteiger charge is -2.30. The summed E-state index contributed by atoms with van der Waals surface area (Å²) in [5, 5.41) is 14.6. The van der Waals surface area contributed by atoms with Gasteiger partial charge in [0, 0.05) is 72.0 Å². The number of carbonyl (C=O) groups is 1. The number of nitrogens with one attached hydrogen (secondary N) is 3. The van der Waals surface area contributed by atoms with E-state index in [9.17, 15) is 13.6 Å². The summed E-state index contributed by atoms with van der Waals surface area (Å²) >= 11 is 1.23. The monoisotopic (exact) mass is 620 g/mol. The molecule has 3 aromatic carbocycles. The van der Waals surface area contributed by atoms with E-state index in [-0.39, 0.29) is 11.9 Å². The fraction of sp³-hybridized carbons (Fsp3) is 0.394. The topological polar surface area (TPSA) is 85.5 Å². The zero-order chi connectivity index (χ0) is 30.5. The molecule has 11 heteroatoms. The highest BCUT2D eigenvalue weighted by Gasteiger charge is 2.21. The molecule has 2 aliphatic heterocycles. The summed E-state index contributed by atoms with van der Waals surface area (Å²) in [5.74, 6) is -1.15. The first-order valence-electron chi connectivity index (χ1n) is 15.3. The number of carbonyl (C=O) groups excluding carboxylic acids is 1. The number of benzene rings is 3. The van der Waals surface area contributed by atoms with Crippen LogP contribution in [0.5, 0.6) is 0 Å². The minimum Gasteiger partial charge on any atom is -0.381 e. The molecular formula is C33H38F2N6O2S. The Bertz CT molecular complexity index is 1580. The molecule has 4 aromatic rings. The van der Waals surface area contributed by atoms with Gasteiger partial charge in [-0.1, -0.05) is 18.2 Å². The average molecular weight is 621 g/mol. The van der Waals surface area contributed by atoms with E-state index in [0.29, 0.717) is 34.9 Å². The molecule has 6 rings (SSSR count). The van der Waals surface area contributed by atoms with Crippen LogP contribution in [0.25, 0.3) is 10.9 Å². The Morgan fingerprint density at radius 1 is 1.02 bits per heavy atom. The number of rotatable bonds is 10. The van der Waals surface area contributed by atoms with Gasteiger partial charge in [-0.25, -0.2) is 8.78 Å². The van der Waals surface area contributed by atoms with E-state index >= 15 is 0 Å². The highest BCUT2D eigenvalue weighted by atomic mass is 32.2. The minimum absolute atomic E-state index is 0.211. The van der Waals surface area contributed by atoms with Crippen LogP contribution in [-0.2, 0) is 4.74 Å². The van der Waals surface area contributed by atoms with Gasteiger partial charge < -0.3 is 25.2 Å². The Morgan fingerprint density at radius 2 is 1.80 bits per heavy atom. The lowest BCUT2D eigenvalue weighted by molar-refractivity contribution is 0.0904. The van der Waals surface area contributed by atoms with Gasteiger partial charge in [-0.2, -0.15) is 5.10 Å². The van der Waals surface area contributed by atoms with E-state index in [0.717, 1.165) is 66.9 Å². The Morgan fingerprint density at radius 3 is 2.57 bits per heavy atom. The number of halogens is 2. The van der Waals surface area contributed by atoms with Gasteiger partial charge in [0.25, 0.3) is 5.91 Å². The van der Waals surface area contributed by atoms with E-state index in [1.165, 1.54) is 43.2 Å². The largest absolute Gasteiger partial charge is 0.381 e. The molecule has 0 saturated carbocycles. The first-order valence-corrected chi connectivity index (χ1v) is 16.1. The van der Waals surface area contributed by atoms with Crippen molar-refractivity contribution in [2.45, 2.75) is 47.9 Å². The van der Waals surface area contributed by atoms with Gasteiger partial charge in [-0.3, -0.25) is 9.89 Å². The third-order valence-corrected chi connectivity index (χ3v) is 9.27. The Kier molecular flexibility index (Phi) is 9.63. The lowest BCUT2D eigenvalue weighted by Crippen LogP contribution is -2.36. The number of nitrogens with zero attached hydrogens (tertiary/aromatic N) is 3. The SMILES string of the molecule is CN(CCN1CCCCC1)c1ccc(C(=O)Nc2n[nH]c3ccc(Sc4cc(F)cc(F)c4)cc23)c(NC2CCOCC2)c1. The number of amides is 1. The molecule has 0 unspecified atom stereocenters. The third kappa shape index (κ3) is 7.51. The number of fused-ring (bicyclic) bond motifs is 1. The van der Waals surface area contributed by atoms with Crippen LogP contribution in [0.3, 0.4) is 0 Å². The van der Waals surface area contributed by atoms with E-state index in [1.807, 2.05) is 30.3 Å². The van der Waals surface area contributed by atoms with Crippen LogP contribution in [0.1, 0.15) is 42.5 Å². The van der Waals surface area contributed by atoms with Crippen LogP contribution in [0.15, 0.2) is 64.4 Å². The number of anilines is 3. The second-order valence-corrected chi connectivity index (χ2v) is 12.7. The van der Waals surface area contributed by atoms with Crippen molar-refractivity contribution in [3.05, 3.63) is 71.8 Å². The van der Waals surface area contributed by atoms with Gasteiger partial charge in [0.1, 0.15) is 11.6 Å². The van der Waals surface area contributed by atoms with Crippen molar-refractivity contribution in [1.82, 2.24) is 15.1 Å². The van der Waals surface area contributed by atoms with Crippen LogP contribution < -0.4 is 15.5 Å². The number of aromatic amines is 1. The van der Waals surface area contributed by atoms with Crippen LogP contribution in [0.4, 0.5) is 26.0 Å². The standard InChI is InChI=1S/C33H38F2N6O2S/c1-40(13-14-41-11-3-2-4-12-41)25-5-7-28(31(20-25)36-24-9-15-43-16-10-24)33(42)37-32-29-21-26(6-8-30(29)38-39-32)44-27-18-22(34)17-23(35)19-27/h5-8,17-21,24,36H,2-4,9-16H2,1H3,(H2,37,38,39,42). The van der Waals surface area contributed by atoms with E-state index in [4.69, 9.17) is 4.74 Å². The molecular weight excluding hydrogens is 582 g/mol. The second-order valence-electron chi connectivity index (χ2n) is 11.5. The van der Waals surface area contributed by atoms with Crippen molar-refractivity contribution in [3.63, 3.8) is 0 Å². The summed E-state index contributed by atoms with van der Waals surface area (Å²) in [6.45, 7) is 5.63. The molecule has 0 radical (unpaired) electrons. The molecule has 0 atom stereocenters. The summed E-state index contributed by atoms with van der Waals surface area (Å²) in [4.78, 5) is 19.7. The quantitative estimate of drug-likeness (QED) is 0.181. The van der Waals surface area contributed by atoms with Gasteiger partial charge in [-0.05, 0) is 87.3 Å². The van der Waals surface area contributed by atoms with E-state index in [1.54, 1.807) is 0 Å². The van der Waals surface area contributed by atoms with Crippen molar-refractivity contribution in [2.24, 2.45) is 0 Å². The summed E-state index contributed by atoms with van der Waals surface area (Å²) in [6.07, 6.45) is 5.60. The summed E-state index contributed by atoms with van der Waals surface area (Å²) in [7, 11) is 2.10. The number of ether oxygens (including phenoxy) is 1. The molecule has 0 bridgehead atoms. The van der Waals surface area contributed by atoms with Crippen LogP contribution >= 0.6 is 11.8 Å². The normalized spacial score (nSPS) is 16.2. The molecule has 0 aliphatic carbocycles. The third-order valence-electron chi connectivity index (χ3n) is 8.31. The smallest absolute Gasteiger partial charge is 0.258 e. The van der Waals surface area contributed by atoms with Gasteiger partial charge >= 0.3 is 0 Å². The maximum atomic E-state index is 13.7. The number of aromatic nitrogens is 2. The first-order chi connectivity index (χ1) is 21.4. The summed E-state index contributed by atoms with van der Waals surface area (Å²) < 4.78 is 33.0. The predicted octanol–water partition coefficient (Wildman–Crippen LogP) is 6.76. The highest BCUT2D eigenvalue weighted by Crippen LogP contribution is 2.33. The Balaban J connectivity index is 1.21. The number of H-pyrrole nitrogens is 1. The average Bonchev–Trinajstić information content (AvgIpc) is 3.42. The van der Waals surface area contributed by atoms with Crippen molar-refractivity contribution in [3.8, 4) is 0 Å². The molecule has 8 nitrogen and oxygen atoms in total. The van der Waals surface area contributed by atoms with Crippen LogP contribution in [0, 0.1) is 11.6 Å². The molecule has 232 valence electrons. The minimum atomic E-state index is -0.630. The molecule has 44 heavy (non-hydrogen) atoms. The second kappa shape index (κ2) is 14.0. The molecule has 2 aliphatic rings. The molecule has 3 heterocycles. The van der Waals surface area contributed by atoms with Crippen molar-refractivity contribution >= 4 is 45.8 Å². The maximum absolute atomic E-state index is 13.7. The maximum Gasteiger partial charge on any atom is 0.258 e. The van der Waals surface area contributed by atoms with Crippen LogP contribution in [-0.4, -0.2) is 73.5 Å². The number of likely N-dealkylation sites (tertiary alicyclic amines) is 1. The van der Waals surface area contributed by atoms with Crippen molar-refractivity contribution in [1.29, 1.82) is 0 Å². The summed E-state index contributed by atoms with van der Waals surface area (Å²) in [5.41, 5.74) is 3.10. The molecule has 3 N–H and O–H groups in total. The van der Waals surface area contributed by atoms with Gasteiger partial charge in [0.05, 0.1) is 11.1 Å². The molecule has 0 spiro atoms. The van der Waals surface area contributed by atoms with Gasteiger partial charge in [-0.15, -0.1) is 0 Å². The van der Waals surface area contributed by atoms with Crippen LogP contribution in [0.2, 0.25) is 0 Å². The molecule has 1 amide bonds. The fourth-order valence-corrected chi connectivity index (χ4v) is 6.73. The number of hydrogen-bond donors (Lipinski definition) is 3. The highest BCUT2D eigenvalue weighted by molar-refractivity contribution is 7.99. The number of hydrogen-bond acceptors (Lipinski definition) is 7. The number of likely N-dealkylation sites (N-methyl/N-ethyl adjacent to an activating group) is 1. The van der Waals surface area contributed by atoms with Crippen molar-refractivity contribution < 1.29 is 18.3 Å². The lowest BCUT2D eigenvalue weighted by atomic mass is 10.1. The number of piperidine rings is 1. The van der Waals surface area contributed by atoms with Gasteiger partial charge in [0.15, 0.2) is 5.82 Å². The summed E-state index contributed by atoms with van der Waals surface area (Å²) in [6, 6.07) is 15.1. The van der Waals surface area contributed by atoms with Gasteiger partial charge in [0.2, 0.25) is 0 Å². The first kappa shape index (κ1) is 30.4. The predicted molar refractivity (Wildman–Crippen MR) is 172 cm³/mol. The molecule has 2 saturated heterocycles. The zero-order valence-corrected chi connectivity index (χ0v) is 25.7.